The number of para-hydroxylation sites is 1. The number of fused-ring (bicyclic) bond motifs is 1. The highest BCUT2D eigenvalue weighted by atomic mass is 32.2. The van der Waals surface area contributed by atoms with E-state index in [2.05, 4.69) is 5.32 Å². The molecule has 1 heterocycles. The molecule has 0 radical (unpaired) electrons. The van der Waals surface area contributed by atoms with Gasteiger partial charge in [0.05, 0.1) is 5.69 Å². The number of nitriles is 1. The van der Waals surface area contributed by atoms with Crippen LogP contribution in [-0.2, 0) is 14.3 Å². The molecule has 0 aromatic heterocycles. The van der Waals surface area contributed by atoms with Crippen molar-refractivity contribution in [3.8, 4) is 6.07 Å². The van der Waals surface area contributed by atoms with Crippen molar-refractivity contribution in [1.82, 2.24) is 5.32 Å². The van der Waals surface area contributed by atoms with Crippen molar-refractivity contribution in [1.29, 1.82) is 5.26 Å². The summed E-state index contributed by atoms with van der Waals surface area (Å²) < 4.78 is 4.95. The Hall–Kier alpha value is -3.57. The number of nitrogens with zero attached hydrogens (tertiary/aromatic N) is 2. The molecule has 0 bridgehead atoms. The van der Waals surface area contributed by atoms with E-state index >= 15 is 0 Å². The summed E-state index contributed by atoms with van der Waals surface area (Å²) in [5.41, 5.74) is 2.17. The summed E-state index contributed by atoms with van der Waals surface area (Å²) in [7, 11) is 1.77. The molecule has 0 aliphatic carbocycles. The second-order valence-corrected chi connectivity index (χ2v) is 7.59. The van der Waals surface area contributed by atoms with Gasteiger partial charge in [0.1, 0.15) is 23.2 Å². The monoisotopic (exact) mass is 421 g/mol. The van der Waals surface area contributed by atoms with Gasteiger partial charge in [-0.05, 0) is 31.2 Å². The molecule has 1 N–H and O–H groups in total. The summed E-state index contributed by atoms with van der Waals surface area (Å²) in [4.78, 5) is 39.2. The minimum absolute atomic E-state index is 0.0738. The van der Waals surface area contributed by atoms with Crippen LogP contribution in [-0.4, -0.2) is 37.9 Å². The number of hydrogen-bond acceptors (Lipinski definition) is 7. The van der Waals surface area contributed by atoms with E-state index in [-0.39, 0.29) is 12.1 Å². The molecule has 0 saturated heterocycles. The van der Waals surface area contributed by atoms with Gasteiger partial charge in [-0.1, -0.05) is 41.6 Å². The zero-order chi connectivity index (χ0) is 21.7. The summed E-state index contributed by atoms with van der Waals surface area (Å²) in [6.07, 6.45) is 0. The Kier molecular flexibility index (Phi) is 6.54. The summed E-state index contributed by atoms with van der Waals surface area (Å²) in [6, 6.07) is 16.4. The summed E-state index contributed by atoms with van der Waals surface area (Å²) in [6.45, 7) is 0.908. The maximum atomic E-state index is 12.5. The van der Waals surface area contributed by atoms with Crippen LogP contribution in [0.1, 0.15) is 15.9 Å². The quantitative estimate of drug-likeness (QED) is 0.435. The number of benzene rings is 2. The summed E-state index contributed by atoms with van der Waals surface area (Å²) in [5, 5.41) is 12.4. The summed E-state index contributed by atoms with van der Waals surface area (Å²) in [5.74, 6) is -1.77. The Bertz CT molecular complexity index is 1090. The van der Waals surface area contributed by atoms with Crippen molar-refractivity contribution >= 4 is 35.1 Å². The molecule has 3 rings (SSSR count). The summed E-state index contributed by atoms with van der Waals surface area (Å²) >= 11 is 1.32. The second kappa shape index (κ2) is 9.29. The molecule has 1 aliphatic heterocycles. The minimum Gasteiger partial charge on any atom is -0.456 e. The number of aryl methyl sites for hydroxylation is 1. The maximum Gasteiger partial charge on any atom is 0.325 e. The Balaban J connectivity index is 1.56. The largest absolute Gasteiger partial charge is 0.456 e. The van der Waals surface area contributed by atoms with Crippen molar-refractivity contribution in [2.24, 2.45) is 0 Å². The first-order chi connectivity index (χ1) is 14.4. The van der Waals surface area contributed by atoms with E-state index in [0.717, 1.165) is 16.1 Å². The second-order valence-electron chi connectivity index (χ2n) is 6.56. The lowest BCUT2D eigenvalue weighted by atomic mass is 10.1. The molecule has 2 aromatic rings. The van der Waals surface area contributed by atoms with Crippen molar-refractivity contribution in [3.05, 3.63) is 70.3 Å². The highest BCUT2D eigenvalue weighted by Gasteiger charge is 2.28. The number of ether oxygens (including phenoxy) is 1. The lowest BCUT2D eigenvalue weighted by Gasteiger charge is -2.14. The van der Waals surface area contributed by atoms with Crippen LogP contribution in [0.3, 0.4) is 0 Å². The van der Waals surface area contributed by atoms with Gasteiger partial charge in [-0.3, -0.25) is 14.4 Å². The van der Waals surface area contributed by atoms with Gasteiger partial charge in [-0.2, -0.15) is 5.26 Å². The average Bonchev–Trinajstić information content (AvgIpc) is 3.07. The number of ketones is 1. The molecule has 2 aromatic carbocycles. The Morgan fingerprint density at radius 2 is 1.93 bits per heavy atom. The Morgan fingerprint density at radius 3 is 2.63 bits per heavy atom. The van der Waals surface area contributed by atoms with Gasteiger partial charge in [0.25, 0.3) is 5.91 Å². The number of amides is 1. The van der Waals surface area contributed by atoms with Crippen molar-refractivity contribution in [3.63, 3.8) is 0 Å². The fourth-order valence-electron chi connectivity index (χ4n) is 2.86. The number of anilines is 1. The van der Waals surface area contributed by atoms with E-state index in [1.807, 2.05) is 43.3 Å². The zero-order valence-electron chi connectivity index (χ0n) is 16.5. The number of rotatable bonds is 6. The highest BCUT2D eigenvalue weighted by molar-refractivity contribution is 8.03. The minimum atomic E-state index is -0.762. The number of Topliss-reactive ketones (excluding diaryl/α,β-unsaturated/α-hetero) is 1. The fourth-order valence-corrected chi connectivity index (χ4v) is 4.02. The van der Waals surface area contributed by atoms with Crippen molar-refractivity contribution in [2.45, 2.75) is 11.8 Å². The highest BCUT2D eigenvalue weighted by Crippen LogP contribution is 2.46. The molecule has 7 nitrogen and oxygen atoms in total. The third kappa shape index (κ3) is 4.70. The number of carbonyl (C=O) groups excluding carboxylic acids is 3. The van der Waals surface area contributed by atoms with E-state index in [9.17, 15) is 19.6 Å². The standard InChI is InChI=1S/C22H19N3O4S/c1-14-6-5-7-15(10-14)21(28)24-12-20(27)29-13-18(26)16(11-23)22-25(2)17-8-3-4-9-19(17)30-22/h3-10H,12-13H2,1-2H3,(H,24,28)/b22-16-. The molecule has 30 heavy (non-hydrogen) atoms. The third-order valence-corrected chi connectivity index (χ3v) is 5.62. The topological polar surface area (TPSA) is 99.5 Å². The molecular weight excluding hydrogens is 402 g/mol. The lowest BCUT2D eigenvalue weighted by molar-refractivity contribution is -0.145. The number of esters is 1. The normalized spacial score (nSPS) is 13.8. The smallest absolute Gasteiger partial charge is 0.325 e. The maximum absolute atomic E-state index is 12.5. The van der Waals surface area contributed by atoms with Crippen molar-refractivity contribution in [2.75, 3.05) is 25.1 Å². The third-order valence-electron chi connectivity index (χ3n) is 4.38. The molecule has 0 fully saturated rings. The zero-order valence-corrected chi connectivity index (χ0v) is 17.3. The predicted octanol–water partition coefficient (Wildman–Crippen LogP) is 2.81. The van der Waals surface area contributed by atoms with Crippen LogP contribution < -0.4 is 10.2 Å². The number of thioether (sulfide) groups is 1. The molecule has 1 aliphatic rings. The Labute approximate surface area is 178 Å². The van der Waals surface area contributed by atoms with E-state index in [4.69, 9.17) is 4.74 Å². The first-order valence-corrected chi connectivity index (χ1v) is 9.91. The molecule has 1 amide bonds. The average molecular weight is 421 g/mol. The number of hydrogen-bond donors (Lipinski definition) is 1. The van der Waals surface area contributed by atoms with Crippen LogP contribution in [0.5, 0.6) is 0 Å². The van der Waals surface area contributed by atoms with Crippen LogP contribution in [0.4, 0.5) is 5.69 Å². The predicted molar refractivity (Wildman–Crippen MR) is 113 cm³/mol. The fraction of sp³-hybridized carbons (Fsp3) is 0.182. The van der Waals surface area contributed by atoms with E-state index in [1.54, 1.807) is 30.1 Å². The molecule has 0 saturated carbocycles. The van der Waals surface area contributed by atoms with Crippen LogP contribution >= 0.6 is 11.8 Å². The molecule has 0 spiro atoms. The number of nitrogens with one attached hydrogen (secondary N) is 1. The van der Waals surface area contributed by atoms with Crippen molar-refractivity contribution < 1.29 is 19.1 Å². The lowest BCUT2D eigenvalue weighted by Crippen LogP contribution is -2.31. The molecule has 8 heteroatoms. The van der Waals surface area contributed by atoms with Gasteiger partial charge in [-0.15, -0.1) is 0 Å². The van der Waals surface area contributed by atoms with Gasteiger partial charge in [0.2, 0.25) is 5.78 Å². The molecule has 0 atom stereocenters. The molecule has 0 unspecified atom stereocenters. The number of carbonyl (C=O) groups is 3. The molecular formula is C22H19N3O4S. The van der Waals surface area contributed by atoms with Gasteiger partial charge < -0.3 is 15.0 Å². The van der Waals surface area contributed by atoms with Gasteiger partial charge in [0, 0.05) is 17.5 Å². The van der Waals surface area contributed by atoms with Crippen LogP contribution in [0.15, 0.2) is 64.0 Å². The van der Waals surface area contributed by atoms with Gasteiger partial charge in [0.15, 0.2) is 6.61 Å². The Morgan fingerprint density at radius 1 is 1.17 bits per heavy atom. The SMILES string of the molecule is Cc1cccc(C(=O)NCC(=O)OCC(=O)/C(C#N)=C2\Sc3ccccc3N2C)c1. The van der Waals surface area contributed by atoms with Crippen LogP contribution in [0.2, 0.25) is 0 Å². The van der Waals surface area contributed by atoms with Crippen LogP contribution in [0, 0.1) is 18.3 Å². The van der Waals surface area contributed by atoms with E-state index in [0.29, 0.717) is 10.6 Å². The van der Waals surface area contributed by atoms with Gasteiger partial charge >= 0.3 is 5.97 Å². The first kappa shape index (κ1) is 21.1. The first-order valence-electron chi connectivity index (χ1n) is 9.09. The van der Waals surface area contributed by atoms with Gasteiger partial charge in [-0.25, -0.2) is 0 Å². The van der Waals surface area contributed by atoms with E-state index in [1.165, 1.54) is 11.8 Å². The molecule has 152 valence electrons. The van der Waals surface area contributed by atoms with E-state index < -0.39 is 24.3 Å². The van der Waals surface area contributed by atoms with Crippen LogP contribution in [0.25, 0.3) is 0 Å².